The van der Waals surface area contributed by atoms with Crippen LogP contribution in [0.1, 0.15) is 17.4 Å². The van der Waals surface area contributed by atoms with Crippen LogP contribution in [-0.4, -0.2) is 23.3 Å². The van der Waals surface area contributed by atoms with Crippen LogP contribution in [0.4, 0.5) is 4.79 Å². The number of rotatable bonds is 4. The number of aromatic nitrogens is 1. The second-order valence-electron chi connectivity index (χ2n) is 4.21. The maximum absolute atomic E-state index is 12.0. The van der Waals surface area contributed by atoms with Crippen LogP contribution >= 0.6 is 11.6 Å². The summed E-state index contributed by atoms with van der Waals surface area (Å²) in [5.74, 6) is -0.574. The summed E-state index contributed by atoms with van der Waals surface area (Å²) in [7, 11) is 0. The lowest BCUT2D eigenvalue weighted by Gasteiger charge is -2.16. The van der Waals surface area contributed by atoms with Crippen LogP contribution in [0.3, 0.4) is 0 Å². The van der Waals surface area contributed by atoms with Crippen LogP contribution in [-0.2, 0) is 0 Å². The van der Waals surface area contributed by atoms with E-state index in [1.165, 1.54) is 13.2 Å². The summed E-state index contributed by atoms with van der Waals surface area (Å²) in [6.45, 7) is 1.45. The molecule has 7 nitrogen and oxygen atoms in total. The number of halogens is 1. The zero-order chi connectivity index (χ0) is 15.4. The highest BCUT2D eigenvalue weighted by atomic mass is 35.5. The molecule has 8 heteroatoms. The molecule has 2 rings (SSSR count). The molecule has 1 aromatic heterocycles. The van der Waals surface area contributed by atoms with Gasteiger partial charge in [0.05, 0.1) is 11.7 Å². The first-order valence-electron chi connectivity index (χ1n) is 5.96. The van der Waals surface area contributed by atoms with E-state index in [1.54, 1.807) is 24.3 Å². The lowest BCUT2D eigenvalue weighted by molar-refractivity contribution is -0.251. The average Bonchev–Trinajstić information content (AvgIpc) is 2.87. The molecule has 2 N–H and O–H groups in total. The maximum atomic E-state index is 12.0. The fourth-order valence-corrected chi connectivity index (χ4v) is 1.84. The maximum Gasteiger partial charge on any atom is 0.275 e. The zero-order valence-electron chi connectivity index (χ0n) is 10.9. The molecule has 110 valence electrons. The first-order valence-corrected chi connectivity index (χ1v) is 6.34. The van der Waals surface area contributed by atoms with Crippen molar-refractivity contribution in [3.8, 4) is 11.1 Å². The van der Waals surface area contributed by atoms with E-state index in [4.69, 9.17) is 16.1 Å². The minimum absolute atomic E-state index is 0.0457. The van der Waals surface area contributed by atoms with E-state index >= 15 is 0 Å². The highest BCUT2D eigenvalue weighted by Gasteiger charge is 2.19. The SMILES string of the molecule is CC(NC(=O)[O-])NC(=O)c1nocc1-c1ccc(Cl)cc1. The molecule has 2 amide bonds. The summed E-state index contributed by atoms with van der Waals surface area (Å²) in [6, 6.07) is 6.78. The Bertz CT molecular complexity index is 654. The molecule has 0 fully saturated rings. The molecular formula is C13H11ClN3O4-. The highest BCUT2D eigenvalue weighted by molar-refractivity contribution is 6.30. The standard InChI is InChI=1S/C13H12ClN3O4/c1-7(16-13(19)20)15-12(18)11-10(6-21-17-11)8-2-4-9(14)5-3-8/h2-7,16H,1H3,(H,15,18)(H,19,20)/p-1. The Labute approximate surface area is 124 Å². The van der Waals surface area contributed by atoms with Gasteiger partial charge in [-0.3, -0.25) is 4.79 Å². The van der Waals surface area contributed by atoms with E-state index in [9.17, 15) is 14.7 Å². The number of carbonyl (C=O) groups excluding carboxylic acids is 2. The number of nitrogens with zero attached hydrogens (tertiary/aromatic N) is 1. The third kappa shape index (κ3) is 3.73. The summed E-state index contributed by atoms with van der Waals surface area (Å²) in [5, 5.41) is 19.0. The van der Waals surface area contributed by atoms with Gasteiger partial charge in [0.1, 0.15) is 12.4 Å². The van der Waals surface area contributed by atoms with E-state index in [0.29, 0.717) is 16.1 Å². The third-order valence-electron chi connectivity index (χ3n) is 2.62. The molecule has 0 bridgehead atoms. The molecule has 1 atom stereocenters. The van der Waals surface area contributed by atoms with E-state index < -0.39 is 18.2 Å². The van der Waals surface area contributed by atoms with Crippen molar-refractivity contribution in [1.29, 1.82) is 0 Å². The Balaban J connectivity index is 2.18. The Morgan fingerprint density at radius 1 is 1.29 bits per heavy atom. The van der Waals surface area contributed by atoms with Crippen molar-refractivity contribution in [3.63, 3.8) is 0 Å². The number of benzene rings is 1. The van der Waals surface area contributed by atoms with Crippen molar-refractivity contribution in [2.45, 2.75) is 13.1 Å². The molecule has 1 aromatic carbocycles. The lowest BCUT2D eigenvalue weighted by Crippen LogP contribution is -2.50. The van der Waals surface area contributed by atoms with Crippen molar-refractivity contribution in [3.05, 3.63) is 41.2 Å². The number of carboxylic acid groups (broad SMARTS) is 1. The van der Waals surface area contributed by atoms with Gasteiger partial charge >= 0.3 is 0 Å². The van der Waals surface area contributed by atoms with Crippen LogP contribution in [0.2, 0.25) is 5.02 Å². The monoisotopic (exact) mass is 308 g/mol. The molecule has 0 aliphatic carbocycles. The summed E-state index contributed by atoms with van der Waals surface area (Å²) in [6.07, 6.45) is -0.979. The highest BCUT2D eigenvalue weighted by Crippen LogP contribution is 2.24. The lowest BCUT2D eigenvalue weighted by atomic mass is 10.1. The fraction of sp³-hybridized carbons (Fsp3) is 0.154. The Morgan fingerprint density at radius 3 is 2.57 bits per heavy atom. The van der Waals surface area contributed by atoms with E-state index in [2.05, 4.69) is 10.5 Å². The number of nitrogens with one attached hydrogen (secondary N) is 2. The molecule has 21 heavy (non-hydrogen) atoms. The van der Waals surface area contributed by atoms with Crippen molar-refractivity contribution in [2.24, 2.45) is 0 Å². The number of amides is 2. The van der Waals surface area contributed by atoms with Crippen LogP contribution < -0.4 is 15.7 Å². The molecule has 0 radical (unpaired) electrons. The number of hydrogen-bond acceptors (Lipinski definition) is 5. The predicted molar refractivity (Wildman–Crippen MR) is 72.4 cm³/mol. The molecule has 2 aromatic rings. The van der Waals surface area contributed by atoms with Crippen LogP contribution in [0.25, 0.3) is 11.1 Å². The summed E-state index contributed by atoms with van der Waals surface area (Å²) < 4.78 is 4.82. The van der Waals surface area contributed by atoms with Crippen molar-refractivity contribution in [1.82, 2.24) is 15.8 Å². The smallest absolute Gasteiger partial charge is 0.275 e. The molecule has 0 saturated heterocycles. The minimum Gasteiger partial charge on any atom is -0.530 e. The van der Waals surface area contributed by atoms with Gasteiger partial charge in [0.25, 0.3) is 5.91 Å². The minimum atomic E-state index is -1.49. The van der Waals surface area contributed by atoms with Gasteiger partial charge in [0, 0.05) is 5.02 Å². The first kappa shape index (κ1) is 14.9. The predicted octanol–water partition coefficient (Wildman–Crippen LogP) is 1.00. The Hall–Kier alpha value is -2.54. The van der Waals surface area contributed by atoms with Gasteiger partial charge in [-0.1, -0.05) is 28.9 Å². The molecule has 0 aliphatic rings. The normalized spacial score (nSPS) is 11.7. The average molecular weight is 309 g/mol. The largest absolute Gasteiger partial charge is 0.530 e. The quantitative estimate of drug-likeness (QED) is 0.819. The summed E-state index contributed by atoms with van der Waals surface area (Å²) in [5.41, 5.74) is 1.22. The van der Waals surface area contributed by atoms with Crippen LogP contribution in [0.15, 0.2) is 35.1 Å². The molecule has 0 saturated carbocycles. The second kappa shape index (κ2) is 6.27. The van der Waals surface area contributed by atoms with E-state index in [0.717, 1.165) is 0 Å². The summed E-state index contributed by atoms with van der Waals surface area (Å²) >= 11 is 5.80. The molecule has 1 heterocycles. The Morgan fingerprint density at radius 2 is 1.95 bits per heavy atom. The van der Waals surface area contributed by atoms with Gasteiger partial charge in [-0.2, -0.15) is 0 Å². The van der Waals surface area contributed by atoms with Gasteiger partial charge in [-0.25, -0.2) is 0 Å². The van der Waals surface area contributed by atoms with E-state index in [-0.39, 0.29) is 5.69 Å². The van der Waals surface area contributed by atoms with Crippen molar-refractivity contribution >= 4 is 23.6 Å². The van der Waals surface area contributed by atoms with Gasteiger partial charge in [0.15, 0.2) is 5.69 Å². The molecule has 0 aliphatic heterocycles. The molecular weight excluding hydrogens is 298 g/mol. The van der Waals surface area contributed by atoms with Crippen molar-refractivity contribution in [2.75, 3.05) is 0 Å². The third-order valence-corrected chi connectivity index (χ3v) is 2.87. The van der Waals surface area contributed by atoms with Gasteiger partial charge in [-0.05, 0) is 24.6 Å². The second-order valence-corrected chi connectivity index (χ2v) is 4.65. The summed E-state index contributed by atoms with van der Waals surface area (Å²) in [4.78, 5) is 22.4. The van der Waals surface area contributed by atoms with Crippen LogP contribution in [0.5, 0.6) is 0 Å². The van der Waals surface area contributed by atoms with Crippen molar-refractivity contribution < 1.29 is 19.2 Å². The Kier molecular flexibility index (Phi) is 4.44. The van der Waals surface area contributed by atoms with Gasteiger partial charge in [-0.15, -0.1) is 0 Å². The molecule has 0 spiro atoms. The number of carbonyl (C=O) groups is 2. The first-order chi connectivity index (χ1) is 9.97. The van der Waals surface area contributed by atoms with Crippen LogP contribution in [0, 0.1) is 0 Å². The molecule has 1 unspecified atom stereocenters. The van der Waals surface area contributed by atoms with Gasteiger partial charge in [0.2, 0.25) is 0 Å². The fourth-order valence-electron chi connectivity index (χ4n) is 1.71. The zero-order valence-corrected chi connectivity index (χ0v) is 11.7. The topological polar surface area (TPSA) is 107 Å². The van der Waals surface area contributed by atoms with E-state index in [1.807, 2.05) is 5.32 Å². The number of hydrogen-bond donors (Lipinski definition) is 2. The van der Waals surface area contributed by atoms with Gasteiger partial charge < -0.3 is 25.1 Å².